The molecule has 2 rings (SSSR count). The Balaban J connectivity index is 1.84. The first-order chi connectivity index (χ1) is 10.0. The number of anilines is 2. The Morgan fingerprint density at radius 2 is 1.62 bits per heavy atom. The molecule has 4 nitrogen and oxygen atoms in total. The molecule has 1 aliphatic rings. The van der Waals surface area contributed by atoms with Crippen molar-refractivity contribution in [2.45, 2.75) is 50.0 Å². The lowest BCUT2D eigenvalue weighted by Gasteiger charge is -2.16. The van der Waals surface area contributed by atoms with E-state index in [0.717, 1.165) is 11.4 Å². The summed E-state index contributed by atoms with van der Waals surface area (Å²) in [6.45, 7) is 3.43. The van der Waals surface area contributed by atoms with E-state index in [1.165, 1.54) is 32.6 Å². The zero-order valence-electron chi connectivity index (χ0n) is 12.5. The summed E-state index contributed by atoms with van der Waals surface area (Å²) in [7, 11) is 0. The number of carbonyl (C=O) groups is 2. The first-order valence-corrected chi connectivity index (χ1v) is 8.33. The Bertz CT molecular complexity index is 496. The molecule has 1 saturated carbocycles. The Kier molecular flexibility index (Phi) is 5.67. The van der Waals surface area contributed by atoms with Crippen molar-refractivity contribution in [2.24, 2.45) is 0 Å². The summed E-state index contributed by atoms with van der Waals surface area (Å²) >= 11 is 1.78. The predicted octanol–water partition coefficient (Wildman–Crippen LogP) is 3.65. The topological polar surface area (TPSA) is 58.2 Å². The average molecular weight is 306 g/mol. The molecule has 0 radical (unpaired) electrons. The molecule has 0 spiro atoms. The average Bonchev–Trinajstić information content (AvgIpc) is 2.93. The zero-order valence-corrected chi connectivity index (χ0v) is 13.3. The fourth-order valence-corrected chi connectivity index (χ4v) is 3.82. The van der Waals surface area contributed by atoms with Gasteiger partial charge in [0.1, 0.15) is 0 Å². The largest absolute Gasteiger partial charge is 0.326 e. The second-order valence-electron chi connectivity index (χ2n) is 5.43. The van der Waals surface area contributed by atoms with Gasteiger partial charge in [-0.15, -0.1) is 11.8 Å². The first-order valence-electron chi connectivity index (χ1n) is 7.38. The minimum absolute atomic E-state index is 0.0388. The van der Waals surface area contributed by atoms with Crippen LogP contribution in [0.3, 0.4) is 0 Å². The molecule has 1 fully saturated rings. The van der Waals surface area contributed by atoms with Gasteiger partial charge in [-0.2, -0.15) is 0 Å². The molecule has 0 aliphatic heterocycles. The lowest BCUT2D eigenvalue weighted by molar-refractivity contribution is -0.115. The van der Waals surface area contributed by atoms with E-state index in [2.05, 4.69) is 10.6 Å². The van der Waals surface area contributed by atoms with Crippen LogP contribution in [0.15, 0.2) is 24.3 Å². The number of benzene rings is 1. The molecule has 21 heavy (non-hydrogen) atoms. The molecule has 1 aliphatic carbocycles. The highest BCUT2D eigenvalue weighted by molar-refractivity contribution is 8.01. The number of amides is 2. The lowest BCUT2D eigenvalue weighted by atomic mass is 10.2. The summed E-state index contributed by atoms with van der Waals surface area (Å²) in [5, 5.41) is 6.22. The normalized spacial score (nSPS) is 16.5. The van der Waals surface area contributed by atoms with Crippen LogP contribution in [-0.4, -0.2) is 22.3 Å². The number of hydrogen-bond acceptors (Lipinski definition) is 3. The van der Waals surface area contributed by atoms with Crippen LogP contribution >= 0.6 is 11.8 Å². The summed E-state index contributed by atoms with van der Waals surface area (Å²) in [6, 6.07) is 7.17. The fraction of sp³-hybridized carbons (Fsp3) is 0.500. The molecule has 0 bridgehead atoms. The standard InChI is InChI=1S/C16H22N2O2S/c1-11(21-15-5-3-4-6-15)16(20)18-14-9-7-13(8-10-14)17-12(2)19/h7-11,15H,3-6H2,1-2H3,(H,17,19)(H,18,20). The van der Waals surface area contributed by atoms with E-state index in [1.807, 2.05) is 6.92 Å². The Labute approximate surface area is 130 Å². The van der Waals surface area contributed by atoms with E-state index in [1.54, 1.807) is 36.0 Å². The molecule has 5 heteroatoms. The highest BCUT2D eigenvalue weighted by Gasteiger charge is 2.22. The highest BCUT2D eigenvalue weighted by Crippen LogP contribution is 2.32. The quantitative estimate of drug-likeness (QED) is 0.873. The van der Waals surface area contributed by atoms with E-state index in [-0.39, 0.29) is 17.1 Å². The molecule has 2 amide bonds. The number of rotatable bonds is 5. The van der Waals surface area contributed by atoms with Gasteiger partial charge < -0.3 is 10.6 Å². The van der Waals surface area contributed by atoms with Gasteiger partial charge in [0, 0.05) is 23.5 Å². The number of hydrogen-bond donors (Lipinski definition) is 2. The number of nitrogens with one attached hydrogen (secondary N) is 2. The lowest BCUT2D eigenvalue weighted by Crippen LogP contribution is -2.24. The Hall–Kier alpha value is -1.49. The van der Waals surface area contributed by atoms with Crippen molar-refractivity contribution in [1.82, 2.24) is 0 Å². The minimum atomic E-state index is -0.103. The van der Waals surface area contributed by atoms with Crippen LogP contribution in [0.5, 0.6) is 0 Å². The van der Waals surface area contributed by atoms with Crippen molar-refractivity contribution < 1.29 is 9.59 Å². The van der Waals surface area contributed by atoms with Gasteiger partial charge in [-0.05, 0) is 44.0 Å². The molecule has 0 saturated heterocycles. The molecule has 114 valence electrons. The van der Waals surface area contributed by atoms with Crippen molar-refractivity contribution in [1.29, 1.82) is 0 Å². The fourth-order valence-electron chi connectivity index (χ4n) is 2.46. The van der Waals surface area contributed by atoms with E-state index < -0.39 is 0 Å². The number of thioether (sulfide) groups is 1. The molecule has 1 aromatic rings. The monoisotopic (exact) mass is 306 g/mol. The van der Waals surface area contributed by atoms with Gasteiger partial charge in [0.15, 0.2) is 0 Å². The van der Waals surface area contributed by atoms with Crippen LogP contribution in [0.4, 0.5) is 11.4 Å². The van der Waals surface area contributed by atoms with Gasteiger partial charge >= 0.3 is 0 Å². The second kappa shape index (κ2) is 7.50. The van der Waals surface area contributed by atoms with Crippen LogP contribution in [0.2, 0.25) is 0 Å². The van der Waals surface area contributed by atoms with Crippen LogP contribution < -0.4 is 10.6 Å². The first kappa shape index (κ1) is 15.9. The van der Waals surface area contributed by atoms with Gasteiger partial charge in [-0.1, -0.05) is 12.8 Å². The number of carbonyl (C=O) groups excluding carboxylic acids is 2. The van der Waals surface area contributed by atoms with Crippen molar-refractivity contribution >= 4 is 35.0 Å². The predicted molar refractivity (Wildman–Crippen MR) is 88.7 cm³/mol. The SMILES string of the molecule is CC(=O)Nc1ccc(NC(=O)C(C)SC2CCCC2)cc1. The summed E-state index contributed by atoms with van der Waals surface area (Å²) in [5.41, 5.74) is 1.49. The molecule has 2 N–H and O–H groups in total. The summed E-state index contributed by atoms with van der Waals surface area (Å²) < 4.78 is 0. The Morgan fingerprint density at radius 3 is 2.14 bits per heavy atom. The third-order valence-electron chi connectivity index (χ3n) is 3.54. The van der Waals surface area contributed by atoms with Crippen molar-refractivity contribution in [2.75, 3.05) is 10.6 Å². The van der Waals surface area contributed by atoms with Gasteiger partial charge in [0.2, 0.25) is 11.8 Å². The van der Waals surface area contributed by atoms with Crippen LogP contribution in [0.1, 0.15) is 39.5 Å². The van der Waals surface area contributed by atoms with Gasteiger partial charge in [0.05, 0.1) is 5.25 Å². The van der Waals surface area contributed by atoms with Gasteiger partial charge in [-0.25, -0.2) is 0 Å². The van der Waals surface area contributed by atoms with Crippen LogP contribution in [-0.2, 0) is 9.59 Å². The minimum Gasteiger partial charge on any atom is -0.326 e. The maximum absolute atomic E-state index is 12.2. The van der Waals surface area contributed by atoms with Crippen molar-refractivity contribution in [3.63, 3.8) is 0 Å². The summed E-state index contributed by atoms with van der Waals surface area (Å²) in [4.78, 5) is 23.1. The summed E-state index contributed by atoms with van der Waals surface area (Å²) in [6.07, 6.45) is 5.04. The molecule has 0 heterocycles. The van der Waals surface area contributed by atoms with Gasteiger partial charge in [-0.3, -0.25) is 9.59 Å². The van der Waals surface area contributed by atoms with Crippen LogP contribution in [0, 0.1) is 0 Å². The second-order valence-corrected chi connectivity index (χ2v) is 7.08. The van der Waals surface area contributed by atoms with E-state index in [0.29, 0.717) is 5.25 Å². The molecule has 1 aromatic carbocycles. The third kappa shape index (κ3) is 5.08. The Morgan fingerprint density at radius 1 is 1.10 bits per heavy atom. The van der Waals surface area contributed by atoms with E-state index in [4.69, 9.17) is 0 Å². The zero-order chi connectivity index (χ0) is 15.2. The van der Waals surface area contributed by atoms with Gasteiger partial charge in [0.25, 0.3) is 0 Å². The third-order valence-corrected chi connectivity index (χ3v) is 5.02. The van der Waals surface area contributed by atoms with Crippen molar-refractivity contribution in [3.05, 3.63) is 24.3 Å². The molecule has 1 unspecified atom stereocenters. The van der Waals surface area contributed by atoms with Crippen molar-refractivity contribution in [3.8, 4) is 0 Å². The van der Waals surface area contributed by atoms with Crippen LogP contribution in [0.25, 0.3) is 0 Å². The molecular weight excluding hydrogens is 284 g/mol. The molecule has 1 atom stereocenters. The molecular formula is C16H22N2O2S. The smallest absolute Gasteiger partial charge is 0.237 e. The maximum Gasteiger partial charge on any atom is 0.237 e. The van der Waals surface area contributed by atoms with E-state index in [9.17, 15) is 9.59 Å². The molecule has 0 aromatic heterocycles. The highest BCUT2D eigenvalue weighted by atomic mass is 32.2. The maximum atomic E-state index is 12.2. The van der Waals surface area contributed by atoms with E-state index >= 15 is 0 Å². The summed E-state index contributed by atoms with van der Waals surface area (Å²) in [5.74, 6) is -0.0625.